The van der Waals surface area contributed by atoms with E-state index in [1.807, 2.05) is 54.7 Å². The minimum atomic E-state index is -1.14. The van der Waals surface area contributed by atoms with Crippen LogP contribution >= 0.6 is 22.6 Å². The number of aromatic nitrogens is 2. The highest BCUT2D eigenvalue weighted by Crippen LogP contribution is 2.28. The number of rotatable bonds is 9. The molecule has 34 heavy (non-hydrogen) atoms. The lowest BCUT2D eigenvalue weighted by Crippen LogP contribution is -2.29. The van der Waals surface area contributed by atoms with Crippen molar-refractivity contribution in [1.82, 2.24) is 15.5 Å². The topological polar surface area (TPSA) is 104 Å². The second-order valence-electron chi connectivity index (χ2n) is 7.52. The number of hydrogen-bond donors (Lipinski definition) is 3. The second kappa shape index (κ2) is 11.1. The number of amides is 1. The lowest BCUT2D eigenvalue weighted by Gasteiger charge is -2.20. The quantitative estimate of drug-likeness (QED) is 0.197. The molecule has 172 valence electrons. The molecule has 4 aromatic rings. The molecule has 0 saturated heterocycles. The minimum Gasteiger partial charge on any atom is -0.478 e. The SMILES string of the molecule is O=C(O)c1ccccc1C(=O)NCCOC(c1ccc(I)cc1)c1ccc(-c2cn[nH]c2)cc1. The molecule has 1 heterocycles. The monoisotopic (exact) mass is 567 g/mol. The summed E-state index contributed by atoms with van der Waals surface area (Å²) in [6.45, 7) is 0.488. The molecule has 7 nitrogen and oxygen atoms in total. The number of halogens is 1. The number of benzene rings is 3. The molecular formula is C26H22IN3O4. The predicted molar refractivity (Wildman–Crippen MR) is 137 cm³/mol. The summed E-state index contributed by atoms with van der Waals surface area (Å²) in [6, 6.07) is 22.3. The average molecular weight is 567 g/mol. The lowest BCUT2D eigenvalue weighted by molar-refractivity contribution is 0.0687. The van der Waals surface area contributed by atoms with Crippen molar-refractivity contribution in [3.63, 3.8) is 0 Å². The fourth-order valence-electron chi connectivity index (χ4n) is 3.59. The van der Waals surface area contributed by atoms with Crippen LogP contribution in [-0.4, -0.2) is 40.3 Å². The number of nitrogens with one attached hydrogen (secondary N) is 2. The fraction of sp³-hybridized carbons (Fsp3) is 0.115. The van der Waals surface area contributed by atoms with Gasteiger partial charge in [-0.3, -0.25) is 9.89 Å². The molecule has 0 aliphatic rings. The molecule has 1 aromatic heterocycles. The largest absolute Gasteiger partial charge is 0.478 e. The molecule has 3 N–H and O–H groups in total. The number of carbonyl (C=O) groups is 2. The van der Waals surface area contributed by atoms with Crippen LogP contribution in [0.25, 0.3) is 11.1 Å². The highest BCUT2D eigenvalue weighted by Gasteiger charge is 2.17. The first-order valence-electron chi connectivity index (χ1n) is 10.6. The molecule has 8 heteroatoms. The number of aromatic carboxylic acids is 1. The van der Waals surface area contributed by atoms with Gasteiger partial charge in [0.25, 0.3) is 5.91 Å². The highest BCUT2D eigenvalue weighted by atomic mass is 127. The maximum atomic E-state index is 12.5. The van der Waals surface area contributed by atoms with Crippen molar-refractivity contribution in [3.8, 4) is 11.1 Å². The van der Waals surface area contributed by atoms with Gasteiger partial charge in [0.2, 0.25) is 0 Å². The van der Waals surface area contributed by atoms with Crippen molar-refractivity contribution in [1.29, 1.82) is 0 Å². The van der Waals surface area contributed by atoms with Crippen molar-refractivity contribution in [2.24, 2.45) is 0 Å². The Bertz CT molecular complexity index is 1260. The Labute approximate surface area is 210 Å². The zero-order valence-corrected chi connectivity index (χ0v) is 20.2. The van der Waals surface area contributed by atoms with E-state index >= 15 is 0 Å². The number of carboxylic acid groups (broad SMARTS) is 1. The van der Waals surface area contributed by atoms with Gasteiger partial charge in [0, 0.05) is 21.9 Å². The molecule has 4 rings (SSSR count). The van der Waals surface area contributed by atoms with Crippen molar-refractivity contribution < 1.29 is 19.4 Å². The number of hydrogen-bond acceptors (Lipinski definition) is 4. The number of H-pyrrole nitrogens is 1. The van der Waals surface area contributed by atoms with Crippen LogP contribution < -0.4 is 5.32 Å². The van der Waals surface area contributed by atoms with Gasteiger partial charge < -0.3 is 15.2 Å². The molecule has 0 aliphatic heterocycles. The van der Waals surface area contributed by atoms with Crippen molar-refractivity contribution in [2.45, 2.75) is 6.10 Å². The van der Waals surface area contributed by atoms with Gasteiger partial charge in [-0.05, 0) is 63.5 Å². The summed E-state index contributed by atoms with van der Waals surface area (Å²) in [5.41, 5.74) is 4.12. The van der Waals surface area contributed by atoms with E-state index in [1.54, 1.807) is 18.3 Å². The first-order valence-corrected chi connectivity index (χ1v) is 11.7. The van der Waals surface area contributed by atoms with E-state index in [-0.39, 0.29) is 30.4 Å². The summed E-state index contributed by atoms with van der Waals surface area (Å²) < 4.78 is 7.32. The summed E-state index contributed by atoms with van der Waals surface area (Å²) in [5, 5.41) is 18.9. The summed E-state index contributed by atoms with van der Waals surface area (Å²) in [4.78, 5) is 23.9. The van der Waals surface area contributed by atoms with Crippen LogP contribution in [0.3, 0.4) is 0 Å². The number of ether oxygens (including phenoxy) is 1. The van der Waals surface area contributed by atoms with E-state index in [0.717, 1.165) is 25.8 Å². The summed E-state index contributed by atoms with van der Waals surface area (Å²) in [7, 11) is 0. The standard InChI is InChI=1S/C26H22IN3O4/c27-21-11-9-19(10-12-21)24(18-7-5-17(6-8-18)20-15-29-30-16-20)34-14-13-28-25(31)22-3-1-2-4-23(22)26(32)33/h1-12,15-16,24H,13-14H2,(H,28,31)(H,29,30)(H,32,33). The lowest BCUT2D eigenvalue weighted by atomic mass is 9.99. The molecule has 0 aliphatic carbocycles. The molecule has 0 bridgehead atoms. The van der Waals surface area contributed by atoms with Gasteiger partial charge >= 0.3 is 5.97 Å². The minimum absolute atomic E-state index is 0.0320. The van der Waals surface area contributed by atoms with Crippen LogP contribution in [0, 0.1) is 3.57 Å². The zero-order chi connectivity index (χ0) is 23.9. The molecule has 1 atom stereocenters. The number of aromatic amines is 1. The van der Waals surface area contributed by atoms with Crippen molar-refractivity contribution in [3.05, 3.63) is 111 Å². The van der Waals surface area contributed by atoms with Gasteiger partial charge in [0.05, 0.1) is 23.9 Å². The van der Waals surface area contributed by atoms with E-state index in [0.29, 0.717) is 0 Å². The van der Waals surface area contributed by atoms with Gasteiger partial charge in [-0.15, -0.1) is 0 Å². The Morgan fingerprint density at radius 3 is 2.21 bits per heavy atom. The van der Waals surface area contributed by atoms with Gasteiger partial charge in [-0.1, -0.05) is 48.5 Å². The third-order valence-corrected chi connectivity index (χ3v) is 6.01. The Kier molecular flexibility index (Phi) is 7.71. The van der Waals surface area contributed by atoms with Crippen LogP contribution in [0.2, 0.25) is 0 Å². The highest BCUT2D eigenvalue weighted by molar-refractivity contribution is 14.1. The van der Waals surface area contributed by atoms with E-state index in [4.69, 9.17) is 4.74 Å². The Hall–Kier alpha value is -3.50. The molecule has 0 fully saturated rings. The Morgan fingerprint density at radius 2 is 1.59 bits per heavy atom. The van der Waals surface area contributed by atoms with Crippen molar-refractivity contribution >= 4 is 34.5 Å². The third kappa shape index (κ3) is 5.70. The summed E-state index contributed by atoms with van der Waals surface area (Å²) in [6.07, 6.45) is 3.29. The van der Waals surface area contributed by atoms with Gasteiger partial charge in [-0.25, -0.2) is 4.79 Å². The molecule has 3 aromatic carbocycles. The van der Waals surface area contributed by atoms with Crippen LogP contribution in [0.15, 0.2) is 85.2 Å². The van der Waals surface area contributed by atoms with Crippen LogP contribution in [0.5, 0.6) is 0 Å². The summed E-state index contributed by atoms with van der Waals surface area (Å²) in [5.74, 6) is -1.59. The van der Waals surface area contributed by atoms with Crippen LogP contribution in [0.4, 0.5) is 0 Å². The normalized spacial score (nSPS) is 11.7. The second-order valence-corrected chi connectivity index (χ2v) is 8.76. The fourth-order valence-corrected chi connectivity index (χ4v) is 3.95. The Morgan fingerprint density at radius 1 is 0.941 bits per heavy atom. The molecule has 0 spiro atoms. The molecule has 0 radical (unpaired) electrons. The third-order valence-electron chi connectivity index (χ3n) is 5.29. The van der Waals surface area contributed by atoms with Gasteiger partial charge in [0.1, 0.15) is 6.10 Å². The van der Waals surface area contributed by atoms with Crippen LogP contribution in [-0.2, 0) is 4.74 Å². The first kappa shape index (κ1) is 23.7. The maximum absolute atomic E-state index is 12.5. The van der Waals surface area contributed by atoms with Gasteiger partial charge in [0.15, 0.2) is 0 Å². The number of nitrogens with zero attached hydrogens (tertiary/aromatic N) is 1. The Balaban J connectivity index is 1.45. The average Bonchev–Trinajstić information content (AvgIpc) is 3.40. The van der Waals surface area contributed by atoms with E-state index in [9.17, 15) is 14.7 Å². The maximum Gasteiger partial charge on any atom is 0.336 e. The molecular weight excluding hydrogens is 545 g/mol. The summed E-state index contributed by atoms with van der Waals surface area (Å²) >= 11 is 2.26. The van der Waals surface area contributed by atoms with Crippen molar-refractivity contribution in [2.75, 3.05) is 13.2 Å². The smallest absolute Gasteiger partial charge is 0.336 e. The molecule has 1 amide bonds. The van der Waals surface area contributed by atoms with Gasteiger partial charge in [-0.2, -0.15) is 5.10 Å². The number of carbonyl (C=O) groups excluding carboxylic acids is 1. The molecule has 0 saturated carbocycles. The van der Waals surface area contributed by atoms with E-state index in [1.165, 1.54) is 12.1 Å². The molecule has 1 unspecified atom stereocenters. The van der Waals surface area contributed by atoms with E-state index in [2.05, 4.69) is 38.1 Å². The van der Waals surface area contributed by atoms with E-state index < -0.39 is 11.9 Å². The first-order chi connectivity index (χ1) is 16.5. The van der Waals surface area contributed by atoms with Crippen LogP contribution in [0.1, 0.15) is 37.9 Å². The zero-order valence-electron chi connectivity index (χ0n) is 18.1. The number of carboxylic acids is 1. The predicted octanol–water partition coefficient (Wildman–Crippen LogP) is 4.92.